The van der Waals surface area contributed by atoms with Crippen molar-refractivity contribution in [1.29, 1.82) is 0 Å². The summed E-state index contributed by atoms with van der Waals surface area (Å²) in [5, 5.41) is 0. The maximum atomic E-state index is 13.3. The molecule has 2 aliphatic heterocycles. The summed E-state index contributed by atoms with van der Waals surface area (Å²) in [5.41, 5.74) is 0.636. The third kappa shape index (κ3) is 5.02. The van der Waals surface area contributed by atoms with Gasteiger partial charge in [-0.1, -0.05) is 6.42 Å². The van der Waals surface area contributed by atoms with Crippen LogP contribution in [0.25, 0.3) is 0 Å². The Bertz CT molecular complexity index is 645. The molecule has 2 amide bonds. The number of halogens is 2. The molecular formula is C20H26F2N2O2. The fourth-order valence-electron chi connectivity index (χ4n) is 3.95. The lowest BCUT2D eigenvalue weighted by Gasteiger charge is -2.22. The van der Waals surface area contributed by atoms with Gasteiger partial charge in [-0.05, 0) is 49.3 Å². The Morgan fingerprint density at radius 3 is 2.62 bits per heavy atom. The fourth-order valence-corrected chi connectivity index (χ4v) is 3.95. The van der Waals surface area contributed by atoms with E-state index in [1.807, 2.05) is 9.80 Å². The maximum absolute atomic E-state index is 13.3. The number of carbonyl (C=O) groups is 2. The lowest BCUT2D eigenvalue weighted by molar-refractivity contribution is -0.133. The van der Waals surface area contributed by atoms with Gasteiger partial charge in [0.25, 0.3) is 0 Å². The van der Waals surface area contributed by atoms with Crippen LogP contribution in [0.1, 0.15) is 44.1 Å². The number of carbonyl (C=O) groups excluding carboxylic acids is 2. The number of hydrogen-bond donors (Lipinski definition) is 0. The predicted octanol–water partition coefficient (Wildman–Crippen LogP) is 3.15. The summed E-state index contributed by atoms with van der Waals surface area (Å²) in [4.78, 5) is 28.1. The van der Waals surface area contributed by atoms with Crippen molar-refractivity contribution in [1.82, 2.24) is 9.80 Å². The minimum absolute atomic E-state index is 0.0648. The summed E-state index contributed by atoms with van der Waals surface area (Å²) in [7, 11) is 0. The number of hydrogen-bond acceptors (Lipinski definition) is 2. The van der Waals surface area contributed by atoms with Crippen LogP contribution in [0.2, 0.25) is 0 Å². The lowest BCUT2D eigenvalue weighted by Crippen LogP contribution is -2.36. The second kappa shape index (κ2) is 8.60. The highest BCUT2D eigenvalue weighted by molar-refractivity contribution is 5.79. The van der Waals surface area contributed by atoms with Crippen LogP contribution in [0.5, 0.6) is 0 Å². The van der Waals surface area contributed by atoms with E-state index in [9.17, 15) is 18.4 Å². The van der Waals surface area contributed by atoms with E-state index >= 15 is 0 Å². The lowest BCUT2D eigenvalue weighted by atomic mass is 9.98. The Kier molecular flexibility index (Phi) is 6.22. The van der Waals surface area contributed by atoms with Gasteiger partial charge in [0, 0.05) is 45.1 Å². The molecule has 2 aliphatic rings. The molecule has 2 saturated heterocycles. The number of nitrogens with zero attached hydrogens (tertiary/aromatic N) is 2. The monoisotopic (exact) mass is 364 g/mol. The molecule has 0 aromatic heterocycles. The second-order valence-electron chi connectivity index (χ2n) is 7.42. The second-order valence-corrected chi connectivity index (χ2v) is 7.42. The van der Waals surface area contributed by atoms with Crippen molar-refractivity contribution in [3.8, 4) is 0 Å². The third-order valence-corrected chi connectivity index (χ3v) is 5.35. The van der Waals surface area contributed by atoms with E-state index in [1.54, 1.807) is 0 Å². The number of likely N-dealkylation sites (tertiary alicyclic amines) is 2. The van der Waals surface area contributed by atoms with Gasteiger partial charge in [-0.25, -0.2) is 8.78 Å². The summed E-state index contributed by atoms with van der Waals surface area (Å²) in [6, 6.07) is 3.59. The smallest absolute Gasteiger partial charge is 0.224 e. The molecule has 142 valence electrons. The molecule has 0 bridgehead atoms. The highest BCUT2D eigenvalue weighted by Gasteiger charge is 2.27. The molecule has 2 heterocycles. The van der Waals surface area contributed by atoms with Gasteiger partial charge in [0.2, 0.25) is 11.8 Å². The number of benzene rings is 1. The molecule has 2 fully saturated rings. The van der Waals surface area contributed by atoms with Gasteiger partial charge >= 0.3 is 0 Å². The fraction of sp³-hybridized carbons (Fsp3) is 0.600. The van der Waals surface area contributed by atoms with E-state index in [-0.39, 0.29) is 17.7 Å². The summed E-state index contributed by atoms with van der Waals surface area (Å²) >= 11 is 0. The van der Waals surface area contributed by atoms with Crippen molar-refractivity contribution < 1.29 is 18.4 Å². The zero-order valence-corrected chi connectivity index (χ0v) is 15.1. The first-order valence-corrected chi connectivity index (χ1v) is 9.52. The molecule has 0 aliphatic carbocycles. The Morgan fingerprint density at radius 2 is 1.85 bits per heavy atom. The van der Waals surface area contributed by atoms with Gasteiger partial charge in [0.1, 0.15) is 11.6 Å². The first kappa shape index (κ1) is 18.8. The molecule has 0 N–H and O–H groups in total. The van der Waals surface area contributed by atoms with E-state index < -0.39 is 11.6 Å². The summed E-state index contributed by atoms with van der Waals surface area (Å²) in [6.07, 6.45) is 5.38. The average Bonchev–Trinajstić information content (AvgIpc) is 2.94. The van der Waals surface area contributed by atoms with Gasteiger partial charge in [-0.3, -0.25) is 9.59 Å². The van der Waals surface area contributed by atoms with Crippen molar-refractivity contribution in [2.45, 2.75) is 44.9 Å². The molecule has 4 nitrogen and oxygen atoms in total. The molecule has 0 saturated carbocycles. The first-order valence-electron chi connectivity index (χ1n) is 9.52. The van der Waals surface area contributed by atoms with Crippen LogP contribution in [-0.4, -0.2) is 47.8 Å². The Morgan fingerprint density at radius 1 is 1.08 bits per heavy atom. The van der Waals surface area contributed by atoms with E-state index in [4.69, 9.17) is 0 Å². The Balaban J connectivity index is 1.47. The zero-order valence-electron chi connectivity index (χ0n) is 15.1. The van der Waals surface area contributed by atoms with E-state index in [0.29, 0.717) is 44.5 Å². The minimum atomic E-state index is -0.562. The van der Waals surface area contributed by atoms with Crippen molar-refractivity contribution >= 4 is 11.8 Å². The maximum Gasteiger partial charge on any atom is 0.224 e. The predicted molar refractivity (Wildman–Crippen MR) is 94.4 cm³/mol. The molecule has 1 atom stereocenters. The van der Waals surface area contributed by atoms with E-state index in [0.717, 1.165) is 38.3 Å². The van der Waals surface area contributed by atoms with E-state index in [2.05, 4.69) is 0 Å². The van der Waals surface area contributed by atoms with Crippen LogP contribution >= 0.6 is 0 Å². The molecule has 1 unspecified atom stereocenters. The molecule has 3 rings (SSSR count). The van der Waals surface area contributed by atoms with Gasteiger partial charge in [0.05, 0.1) is 0 Å². The zero-order chi connectivity index (χ0) is 18.5. The molecular weight excluding hydrogens is 338 g/mol. The summed E-state index contributed by atoms with van der Waals surface area (Å²) in [6.45, 7) is 2.54. The largest absolute Gasteiger partial charge is 0.342 e. The van der Waals surface area contributed by atoms with Crippen LogP contribution < -0.4 is 0 Å². The van der Waals surface area contributed by atoms with Crippen LogP contribution in [0.4, 0.5) is 8.78 Å². The van der Waals surface area contributed by atoms with Gasteiger partial charge in [0.15, 0.2) is 0 Å². The Labute approximate surface area is 153 Å². The normalized spacial score (nSPS) is 21.2. The van der Waals surface area contributed by atoms with Crippen LogP contribution in [-0.2, 0) is 16.0 Å². The third-order valence-electron chi connectivity index (χ3n) is 5.35. The SMILES string of the molecule is O=C1CCCCCN1CCC(=O)N1CCC(Cc2cc(F)cc(F)c2)C1. The van der Waals surface area contributed by atoms with E-state index in [1.165, 1.54) is 12.1 Å². The number of amides is 2. The van der Waals surface area contributed by atoms with Gasteiger partial charge < -0.3 is 9.80 Å². The molecule has 0 spiro atoms. The highest BCUT2D eigenvalue weighted by atomic mass is 19.1. The summed E-state index contributed by atoms with van der Waals surface area (Å²) in [5.74, 6) is -0.682. The van der Waals surface area contributed by atoms with Crippen molar-refractivity contribution in [2.75, 3.05) is 26.2 Å². The topological polar surface area (TPSA) is 40.6 Å². The van der Waals surface area contributed by atoms with Crippen LogP contribution in [0.15, 0.2) is 18.2 Å². The standard InChI is InChI=1S/C20H26F2N2O2/c21-17-11-16(12-18(22)13-17)10-15-5-8-24(14-15)20(26)6-9-23-7-3-1-2-4-19(23)25/h11-13,15H,1-10,14H2. The van der Waals surface area contributed by atoms with Gasteiger partial charge in [-0.2, -0.15) is 0 Å². The molecule has 0 radical (unpaired) electrons. The van der Waals surface area contributed by atoms with Crippen molar-refractivity contribution in [2.24, 2.45) is 5.92 Å². The first-order chi connectivity index (χ1) is 12.5. The van der Waals surface area contributed by atoms with Crippen molar-refractivity contribution in [3.05, 3.63) is 35.4 Å². The van der Waals surface area contributed by atoms with Crippen LogP contribution in [0, 0.1) is 17.6 Å². The highest BCUT2D eigenvalue weighted by Crippen LogP contribution is 2.23. The average molecular weight is 364 g/mol. The minimum Gasteiger partial charge on any atom is -0.342 e. The molecule has 1 aromatic rings. The number of rotatable bonds is 5. The molecule has 26 heavy (non-hydrogen) atoms. The van der Waals surface area contributed by atoms with Crippen LogP contribution in [0.3, 0.4) is 0 Å². The Hall–Kier alpha value is -1.98. The molecule has 6 heteroatoms. The quantitative estimate of drug-likeness (QED) is 0.805. The van der Waals surface area contributed by atoms with Crippen molar-refractivity contribution in [3.63, 3.8) is 0 Å². The molecule has 1 aromatic carbocycles. The summed E-state index contributed by atoms with van der Waals surface area (Å²) < 4.78 is 26.6. The van der Waals surface area contributed by atoms with Gasteiger partial charge in [-0.15, -0.1) is 0 Å².